The quantitative estimate of drug-likeness (QED) is 0.604. The monoisotopic (exact) mass is 358 g/mol. The molecular formula is C20H18N6O. The first-order valence-electron chi connectivity index (χ1n) is 8.89. The van der Waals surface area contributed by atoms with Crippen molar-refractivity contribution < 1.29 is 4.42 Å². The average Bonchev–Trinajstić information content (AvgIpc) is 3.41. The Kier molecular flexibility index (Phi) is 3.99. The first kappa shape index (κ1) is 15.9. The van der Waals surface area contributed by atoms with E-state index in [1.807, 2.05) is 36.8 Å². The van der Waals surface area contributed by atoms with Crippen molar-refractivity contribution in [3.8, 4) is 11.6 Å². The van der Waals surface area contributed by atoms with Gasteiger partial charge in [-0.05, 0) is 23.8 Å². The second kappa shape index (κ2) is 6.77. The fourth-order valence-corrected chi connectivity index (χ4v) is 3.60. The molecular weight excluding hydrogens is 340 g/mol. The van der Waals surface area contributed by atoms with Gasteiger partial charge in [0.2, 0.25) is 0 Å². The van der Waals surface area contributed by atoms with Crippen molar-refractivity contribution in [2.75, 3.05) is 6.54 Å². The van der Waals surface area contributed by atoms with Gasteiger partial charge in [0.25, 0.3) is 0 Å². The van der Waals surface area contributed by atoms with Crippen LogP contribution in [0.3, 0.4) is 0 Å². The van der Waals surface area contributed by atoms with E-state index >= 15 is 0 Å². The van der Waals surface area contributed by atoms with Crippen LogP contribution in [-0.2, 0) is 13.0 Å². The molecule has 0 saturated carbocycles. The van der Waals surface area contributed by atoms with Gasteiger partial charge in [-0.1, -0.05) is 6.07 Å². The molecule has 1 aliphatic rings. The molecule has 0 spiro atoms. The van der Waals surface area contributed by atoms with Gasteiger partial charge in [0.15, 0.2) is 11.6 Å². The topological polar surface area (TPSA) is 83.7 Å². The number of imidazole rings is 1. The van der Waals surface area contributed by atoms with E-state index in [0.717, 1.165) is 30.8 Å². The second-order valence-electron chi connectivity index (χ2n) is 6.57. The molecule has 4 aromatic heterocycles. The third-order valence-electron chi connectivity index (χ3n) is 4.86. The van der Waals surface area contributed by atoms with Gasteiger partial charge in [-0.3, -0.25) is 9.88 Å². The number of nitrogens with zero attached hydrogens (tertiary/aromatic N) is 5. The Hall–Kier alpha value is -3.32. The van der Waals surface area contributed by atoms with Crippen LogP contribution in [0.2, 0.25) is 0 Å². The summed E-state index contributed by atoms with van der Waals surface area (Å²) in [6.07, 6.45) is 11.8. The number of H-pyrrole nitrogens is 1. The zero-order chi connectivity index (χ0) is 18.1. The zero-order valence-corrected chi connectivity index (χ0v) is 14.6. The number of aromatic nitrogens is 5. The van der Waals surface area contributed by atoms with Crippen molar-refractivity contribution >= 4 is 0 Å². The Morgan fingerprint density at radius 2 is 2.04 bits per heavy atom. The Balaban J connectivity index is 1.50. The molecule has 27 heavy (non-hydrogen) atoms. The van der Waals surface area contributed by atoms with E-state index in [1.54, 1.807) is 18.8 Å². The Bertz CT molecular complexity index is 1010. The number of hydrogen-bond donors (Lipinski definition) is 1. The zero-order valence-electron chi connectivity index (χ0n) is 14.6. The van der Waals surface area contributed by atoms with Gasteiger partial charge < -0.3 is 9.40 Å². The van der Waals surface area contributed by atoms with Crippen molar-refractivity contribution in [2.45, 2.75) is 19.0 Å². The highest BCUT2D eigenvalue weighted by atomic mass is 16.3. The maximum Gasteiger partial charge on any atom is 0.195 e. The first-order chi connectivity index (χ1) is 13.4. The van der Waals surface area contributed by atoms with Crippen molar-refractivity contribution in [3.05, 3.63) is 84.2 Å². The molecule has 7 heteroatoms. The van der Waals surface area contributed by atoms with Crippen LogP contribution in [0.15, 0.2) is 66.1 Å². The summed E-state index contributed by atoms with van der Waals surface area (Å²) in [5, 5.41) is 0. The lowest BCUT2D eigenvalue weighted by Crippen LogP contribution is -2.36. The van der Waals surface area contributed by atoms with E-state index in [1.165, 1.54) is 11.3 Å². The number of fused-ring (bicyclic) bond motifs is 1. The summed E-state index contributed by atoms with van der Waals surface area (Å²) in [4.78, 5) is 23.5. The van der Waals surface area contributed by atoms with Crippen molar-refractivity contribution in [3.63, 3.8) is 0 Å². The summed E-state index contributed by atoms with van der Waals surface area (Å²) in [5.74, 6) is 1.25. The van der Waals surface area contributed by atoms with Gasteiger partial charge in [0.05, 0.1) is 24.3 Å². The number of furan rings is 1. The summed E-state index contributed by atoms with van der Waals surface area (Å²) in [6.45, 7) is 1.72. The number of nitrogens with one attached hydrogen (secondary N) is 1. The molecule has 0 unspecified atom stereocenters. The van der Waals surface area contributed by atoms with Crippen LogP contribution in [0.25, 0.3) is 11.6 Å². The third kappa shape index (κ3) is 3.02. The van der Waals surface area contributed by atoms with Crippen LogP contribution in [0.5, 0.6) is 0 Å². The number of aromatic amines is 1. The van der Waals surface area contributed by atoms with Crippen molar-refractivity contribution in [1.29, 1.82) is 0 Å². The maximum atomic E-state index is 5.39. The summed E-state index contributed by atoms with van der Waals surface area (Å²) in [7, 11) is 0. The van der Waals surface area contributed by atoms with Crippen molar-refractivity contribution in [1.82, 2.24) is 29.8 Å². The molecule has 7 nitrogen and oxygen atoms in total. The van der Waals surface area contributed by atoms with E-state index in [-0.39, 0.29) is 6.04 Å². The second-order valence-corrected chi connectivity index (χ2v) is 6.57. The smallest absolute Gasteiger partial charge is 0.195 e. The molecule has 5 rings (SSSR count). The fraction of sp³-hybridized carbons (Fsp3) is 0.200. The SMILES string of the molecule is c1cncc(CN2CCc3[nH]cnc3[C@H]2c2cnc(-c3ccco3)nc2)c1. The van der Waals surface area contributed by atoms with E-state index in [2.05, 4.69) is 35.9 Å². The minimum absolute atomic E-state index is 0.00542. The minimum Gasteiger partial charge on any atom is -0.461 e. The van der Waals surface area contributed by atoms with Gasteiger partial charge >= 0.3 is 0 Å². The number of hydrogen-bond acceptors (Lipinski definition) is 6. The van der Waals surface area contributed by atoms with E-state index in [9.17, 15) is 0 Å². The molecule has 0 amide bonds. The van der Waals surface area contributed by atoms with Gasteiger partial charge in [-0.2, -0.15) is 0 Å². The lowest BCUT2D eigenvalue weighted by Gasteiger charge is -2.34. The van der Waals surface area contributed by atoms with Gasteiger partial charge in [0.1, 0.15) is 0 Å². The molecule has 0 aromatic carbocycles. The Labute approximate surface area is 156 Å². The molecule has 0 aliphatic carbocycles. The third-order valence-corrected chi connectivity index (χ3v) is 4.86. The summed E-state index contributed by atoms with van der Waals surface area (Å²) >= 11 is 0. The summed E-state index contributed by atoms with van der Waals surface area (Å²) in [5.41, 5.74) is 4.41. The van der Waals surface area contributed by atoms with E-state index < -0.39 is 0 Å². The van der Waals surface area contributed by atoms with E-state index in [4.69, 9.17) is 4.42 Å². The molecule has 1 N–H and O–H groups in total. The maximum absolute atomic E-state index is 5.39. The molecule has 0 radical (unpaired) electrons. The summed E-state index contributed by atoms with van der Waals surface area (Å²) < 4.78 is 5.39. The predicted molar refractivity (Wildman–Crippen MR) is 98.5 cm³/mol. The van der Waals surface area contributed by atoms with Crippen LogP contribution in [0, 0.1) is 0 Å². The number of rotatable bonds is 4. The molecule has 0 fully saturated rings. The minimum atomic E-state index is 0.00542. The van der Waals surface area contributed by atoms with Gasteiger partial charge in [-0.25, -0.2) is 15.0 Å². The largest absolute Gasteiger partial charge is 0.461 e. The first-order valence-corrected chi connectivity index (χ1v) is 8.89. The summed E-state index contributed by atoms with van der Waals surface area (Å²) in [6, 6.07) is 7.76. The fourth-order valence-electron chi connectivity index (χ4n) is 3.60. The highest BCUT2D eigenvalue weighted by molar-refractivity contribution is 5.46. The van der Waals surface area contributed by atoms with Crippen LogP contribution >= 0.6 is 0 Å². The van der Waals surface area contributed by atoms with Crippen LogP contribution in [0.1, 0.15) is 28.6 Å². The molecule has 1 aliphatic heterocycles. The van der Waals surface area contributed by atoms with Crippen molar-refractivity contribution in [2.24, 2.45) is 0 Å². The highest BCUT2D eigenvalue weighted by Gasteiger charge is 2.31. The lowest BCUT2D eigenvalue weighted by molar-refractivity contribution is 0.199. The average molecular weight is 358 g/mol. The molecule has 1 atom stereocenters. The number of pyridine rings is 1. The highest BCUT2D eigenvalue weighted by Crippen LogP contribution is 2.34. The Morgan fingerprint density at radius 1 is 1.11 bits per heavy atom. The normalized spacial score (nSPS) is 17.0. The van der Waals surface area contributed by atoms with Crippen LogP contribution in [0.4, 0.5) is 0 Å². The van der Waals surface area contributed by atoms with Gasteiger partial charge in [0, 0.05) is 55.6 Å². The van der Waals surface area contributed by atoms with Crippen LogP contribution < -0.4 is 0 Å². The molecule has 134 valence electrons. The molecule has 0 saturated heterocycles. The molecule has 4 aromatic rings. The lowest BCUT2D eigenvalue weighted by atomic mass is 9.97. The molecule has 0 bridgehead atoms. The van der Waals surface area contributed by atoms with E-state index in [0.29, 0.717) is 11.6 Å². The molecule has 5 heterocycles. The standard InChI is InChI=1S/C20H18N6O/c1-3-14(9-21-6-1)12-26-7-5-16-18(25-13-24-16)19(26)15-10-22-20(23-11-15)17-4-2-8-27-17/h1-4,6,8-11,13,19H,5,7,12H2,(H,24,25)/t19-/m1/s1. The van der Waals surface area contributed by atoms with Crippen LogP contribution in [-0.4, -0.2) is 36.4 Å². The predicted octanol–water partition coefficient (Wildman–Crippen LogP) is 3.00. The Morgan fingerprint density at radius 3 is 2.81 bits per heavy atom. The van der Waals surface area contributed by atoms with Gasteiger partial charge in [-0.15, -0.1) is 0 Å².